The molecule has 0 aliphatic heterocycles. The summed E-state index contributed by atoms with van der Waals surface area (Å²) in [5.41, 5.74) is 10.6. The minimum Gasteiger partial charge on any atom is -0.309 e. The lowest BCUT2D eigenvalue weighted by Crippen LogP contribution is -2.12. The summed E-state index contributed by atoms with van der Waals surface area (Å²) in [4.78, 5) is 2.45. The third-order valence-electron chi connectivity index (χ3n) is 9.27. The first-order valence-electron chi connectivity index (χ1n) is 16.4. The Balaban J connectivity index is 1.27. The highest BCUT2D eigenvalue weighted by Gasteiger charge is 2.21. The standard InChI is InChI=1S/C46H31NS/c1-2-14-33(15-3-1)39-21-6-9-25-43(39)47(36-28-29-46-42(31-36)41-23-8-11-27-45(41)48-46)44-26-10-7-22-40(44)35-19-12-18-34(30-35)38-24-13-17-32-16-4-5-20-37(32)38/h1-31H. The predicted molar refractivity (Wildman–Crippen MR) is 208 cm³/mol. The van der Waals surface area contributed by atoms with Crippen molar-refractivity contribution in [1.82, 2.24) is 0 Å². The molecule has 226 valence electrons. The van der Waals surface area contributed by atoms with Crippen LogP contribution in [0.4, 0.5) is 17.1 Å². The second kappa shape index (κ2) is 12.0. The zero-order valence-electron chi connectivity index (χ0n) is 26.3. The molecular weight excluding hydrogens is 599 g/mol. The lowest BCUT2D eigenvalue weighted by atomic mass is 9.94. The molecule has 48 heavy (non-hydrogen) atoms. The quantitative estimate of drug-likeness (QED) is 0.177. The number of anilines is 3. The monoisotopic (exact) mass is 629 g/mol. The van der Waals surface area contributed by atoms with Gasteiger partial charge >= 0.3 is 0 Å². The number of nitrogens with zero attached hydrogens (tertiary/aromatic N) is 1. The van der Waals surface area contributed by atoms with Crippen LogP contribution in [0.3, 0.4) is 0 Å². The van der Waals surface area contributed by atoms with Crippen LogP contribution in [-0.4, -0.2) is 0 Å². The number of rotatable bonds is 6. The topological polar surface area (TPSA) is 3.24 Å². The van der Waals surface area contributed by atoms with Gasteiger partial charge in [-0.05, 0) is 75.5 Å². The molecule has 0 amide bonds. The Hall–Kier alpha value is -5.96. The van der Waals surface area contributed by atoms with Gasteiger partial charge in [-0.2, -0.15) is 0 Å². The summed E-state index contributed by atoms with van der Waals surface area (Å²) in [5.74, 6) is 0. The van der Waals surface area contributed by atoms with E-state index in [1.165, 1.54) is 64.3 Å². The van der Waals surface area contributed by atoms with E-state index in [9.17, 15) is 0 Å². The van der Waals surface area contributed by atoms with Gasteiger partial charge in [-0.3, -0.25) is 0 Å². The van der Waals surface area contributed by atoms with Crippen LogP contribution in [0.1, 0.15) is 0 Å². The van der Waals surface area contributed by atoms with Crippen molar-refractivity contribution in [2.24, 2.45) is 0 Å². The lowest BCUT2D eigenvalue weighted by molar-refractivity contribution is 1.29. The first-order chi connectivity index (χ1) is 23.8. The van der Waals surface area contributed by atoms with Crippen LogP contribution in [0.5, 0.6) is 0 Å². The number of thiophene rings is 1. The van der Waals surface area contributed by atoms with E-state index in [0.29, 0.717) is 0 Å². The molecule has 9 rings (SSSR count). The summed E-state index contributed by atoms with van der Waals surface area (Å²) in [6.07, 6.45) is 0. The Labute approximate surface area is 284 Å². The molecule has 1 heterocycles. The van der Waals surface area contributed by atoms with Gasteiger partial charge in [0.05, 0.1) is 11.4 Å². The molecule has 0 aliphatic rings. The van der Waals surface area contributed by atoms with Crippen LogP contribution < -0.4 is 4.90 Å². The van der Waals surface area contributed by atoms with E-state index < -0.39 is 0 Å². The van der Waals surface area contributed by atoms with Gasteiger partial charge in [-0.1, -0.05) is 146 Å². The van der Waals surface area contributed by atoms with Crippen LogP contribution >= 0.6 is 11.3 Å². The molecule has 1 nitrogen and oxygen atoms in total. The molecule has 2 heteroatoms. The van der Waals surface area contributed by atoms with E-state index in [2.05, 4.69) is 193 Å². The maximum atomic E-state index is 2.45. The molecule has 0 N–H and O–H groups in total. The number of hydrogen-bond acceptors (Lipinski definition) is 2. The van der Waals surface area contributed by atoms with Crippen molar-refractivity contribution in [1.29, 1.82) is 0 Å². The van der Waals surface area contributed by atoms with Crippen molar-refractivity contribution in [3.63, 3.8) is 0 Å². The first kappa shape index (κ1) is 28.3. The Morgan fingerprint density at radius 3 is 1.69 bits per heavy atom. The molecule has 0 saturated heterocycles. The van der Waals surface area contributed by atoms with Gasteiger partial charge in [0.25, 0.3) is 0 Å². The highest BCUT2D eigenvalue weighted by molar-refractivity contribution is 7.25. The van der Waals surface area contributed by atoms with Crippen molar-refractivity contribution < 1.29 is 0 Å². The fourth-order valence-electron chi connectivity index (χ4n) is 7.04. The summed E-state index contributed by atoms with van der Waals surface area (Å²) in [6.45, 7) is 0. The highest BCUT2D eigenvalue weighted by Crippen LogP contribution is 2.47. The molecule has 0 saturated carbocycles. The van der Waals surface area contributed by atoms with Gasteiger partial charge in [-0.25, -0.2) is 0 Å². The van der Waals surface area contributed by atoms with Gasteiger partial charge in [0.15, 0.2) is 0 Å². The van der Waals surface area contributed by atoms with Gasteiger partial charge < -0.3 is 4.90 Å². The van der Waals surface area contributed by atoms with Crippen molar-refractivity contribution >= 4 is 59.3 Å². The van der Waals surface area contributed by atoms with Crippen LogP contribution in [0.25, 0.3) is 64.3 Å². The number of hydrogen-bond donors (Lipinski definition) is 0. The van der Waals surface area contributed by atoms with E-state index in [1.807, 2.05) is 11.3 Å². The molecule has 0 spiro atoms. The van der Waals surface area contributed by atoms with E-state index in [1.54, 1.807) is 0 Å². The van der Waals surface area contributed by atoms with Crippen molar-refractivity contribution in [2.75, 3.05) is 4.90 Å². The van der Waals surface area contributed by atoms with Gasteiger partial charge in [0, 0.05) is 37.0 Å². The maximum absolute atomic E-state index is 2.45. The Bertz CT molecular complexity index is 2570. The molecule has 0 unspecified atom stereocenters. The van der Waals surface area contributed by atoms with Crippen molar-refractivity contribution in [2.45, 2.75) is 0 Å². The molecule has 0 fully saturated rings. The van der Waals surface area contributed by atoms with E-state index in [-0.39, 0.29) is 0 Å². The zero-order valence-corrected chi connectivity index (χ0v) is 27.1. The van der Waals surface area contributed by atoms with Gasteiger partial charge in [-0.15, -0.1) is 11.3 Å². The van der Waals surface area contributed by atoms with Crippen LogP contribution in [-0.2, 0) is 0 Å². The predicted octanol–water partition coefficient (Wildman–Crippen LogP) is 13.7. The average Bonchev–Trinajstić information content (AvgIpc) is 3.54. The summed E-state index contributed by atoms with van der Waals surface area (Å²) in [5, 5.41) is 5.10. The number of benzene rings is 8. The maximum Gasteiger partial charge on any atom is 0.0540 e. The molecular formula is C46H31NS. The highest BCUT2D eigenvalue weighted by atomic mass is 32.1. The molecule has 0 aliphatic carbocycles. The molecule has 0 bridgehead atoms. The fourth-order valence-corrected chi connectivity index (χ4v) is 8.12. The van der Waals surface area contributed by atoms with Gasteiger partial charge in [0.2, 0.25) is 0 Å². The SMILES string of the molecule is c1ccc(-c2ccccc2N(c2ccc3sc4ccccc4c3c2)c2ccccc2-c2cccc(-c3cccc4ccccc34)c2)cc1. The summed E-state index contributed by atoms with van der Waals surface area (Å²) < 4.78 is 2.61. The largest absolute Gasteiger partial charge is 0.309 e. The van der Waals surface area contributed by atoms with Crippen molar-refractivity contribution in [3.8, 4) is 33.4 Å². The Kier molecular flexibility index (Phi) is 7.07. The Morgan fingerprint density at radius 1 is 0.333 bits per heavy atom. The molecule has 9 aromatic rings. The van der Waals surface area contributed by atoms with Crippen LogP contribution in [0.15, 0.2) is 188 Å². The van der Waals surface area contributed by atoms with Crippen molar-refractivity contribution in [3.05, 3.63) is 188 Å². The summed E-state index contributed by atoms with van der Waals surface area (Å²) >= 11 is 1.86. The number of para-hydroxylation sites is 2. The fraction of sp³-hybridized carbons (Fsp3) is 0. The second-order valence-electron chi connectivity index (χ2n) is 12.1. The smallest absolute Gasteiger partial charge is 0.0540 e. The van der Waals surface area contributed by atoms with E-state index in [0.717, 1.165) is 17.1 Å². The van der Waals surface area contributed by atoms with Crippen LogP contribution in [0, 0.1) is 0 Å². The molecule has 1 aromatic heterocycles. The third-order valence-corrected chi connectivity index (χ3v) is 10.4. The van der Waals surface area contributed by atoms with E-state index in [4.69, 9.17) is 0 Å². The van der Waals surface area contributed by atoms with Crippen LogP contribution in [0.2, 0.25) is 0 Å². The first-order valence-corrected chi connectivity index (χ1v) is 17.2. The normalized spacial score (nSPS) is 11.3. The number of fused-ring (bicyclic) bond motifs is 4. The lowest BCUT2D eigenvalue weighted by Gasteiger charge is -2.30. The molecule has 0 radical (unpaired) electrons. The van der Waals surface area contributed by atoms with Gasteiger partial charge in [0.1, 0.15) is 0 Å². The minimum atomic E-state index is 1.13. The Morgan fingerprint density at radius 2 is 0.875 bits per heavy atom. The second-order valence-corrected chi connectivity index (χ2v) is 13.2. The molecule has 0 atom stereocenters. The summed E-state index contributed by atoms with van der Waals surface area (Å²) in [6, 6.07) is 68.2. The zero-order chi connectivity index (χ0) is 31.9. The molecule has 8 aromatic carbocycles. The van der Waals surface area contributed by atoms with E-state index >= 15 is 0 Å². The average molecular weight is 630 g/mol. The summed E-state index contributed by atoms with van der Waals surface area (Å²) in [7, 11) is 0. The third kappa shape index (κ3) is 4.95. The minimum absolute atomic E-state index is 1.13.